The molecule has 1 saturated carbocycles. The van der Waals surface area contributed by atoms with Crippen LogP contribution in [0.5, 0.6) is 0 Å². The lowest BCUT2D eigenvalue weighted by molar-refractivity contribution is -0.117. The van der Waals surface area contributed by atoms with Crippen molar-refractivity contribution in [2.24, 2.45) is 11.7 Å². The molecule has 1 aliphatic rings. The highest BCUT2D eigenvalue weighted by Crippen LogP contribution is 2.29. The standard InChI is InChI=1S/C14H21N3O3S.ClH/c15-7-8-16-21(19,20)13-6-2-5-12(10-13)17-14(18)9-11-3-1-4-11;/h2,5-6,10-11,16H,1,3-4,7-9,15H2,(H,17,18);1H. The van der Waals surface area contributed by atoms with Crippen molar-refractivity contribution in [2.45, 2.75) is 30.6 Å². The fraction of sp³-hybridized carbons (Fsp3) is 0.500. The number of halogens is 1. The van der Waals surface area contributed by atoms with E-state index in [4.69, 9.17) is 5.73 Å². The van der Waals surface area contributed by atoms with E-state index in [0.29, 0.717) is 18.0 Å². The topological polar surface area (TPSA) is 101 Å². The molecule has 0 unspecified atom stereocenters. The number of hydrogen-bond acceptors (Lipinski definition) is 4. The molecule has 0 spiro atoms. The minimum Gasteiger partial charge on any atom is -0.329 e. The van der Waals surface area contributed by atoms with Gasteiger partial charge in [0, 0.05) is 25.2 Å². The molecule has 6 nitrogen and oxygen atoms in total. The Balaban J connectivity index is 0.00000242. The number of benzene rings is 1. The first kappa shape index (κ1) is 18.9. The highest BCUT2D eigenvalue weighted by Gasteiger charge is 2.21. The minimum absolute atomic E-state index is 0. The van der Waals surface area contributed by atoms with Crippen LogP contribution >= 0.6 is 12.4 Å². The Kier molecular flexibility index (Phi) is 7.28. The summed E-state index contributed by atoms with van der Waals surface area (Å²) in [6, 6.07) is 6.23. The van der Waals surface area contributed by atoms with Gasteiger partial charge in [0.25, 0.3) is 0 Å². The largest absolute Gasteiger partial charge is 0.329 e. The normalized spacial score (nSPS) is 14.8. The molecule has 2 rings (SSSR count). The number of rotatable bonds is 7. The van der Waals surface area contributed by atoms with E-state index >= 15 is 0 Å². The quantitative estimate of drug-likeness (QED) is 0.695. The summed E-state index contributed by atoms with van der Waals surface area (Å²) in [5.41, 5.74) is 5.79. The molecule has 0 saturated heterocycles. The summed E-state index contributed by atoms with van der Waals surface area (Å²) in [5.74, 6) is 0.410. The maximum atomic E-state index is 12.0. The van der Waals surface area contributed by atoms with Gasteiger partial charge in [0.1, 0.15) is 0 Å². The van der Waals surface area contributed by atoms with Crippen LogP contribution in [0.2, 0.25) is 0 Å². The number of sulfonamides is 1. The summed E-state index contributed by atoms with van der Waals surface area (Å²) in [7, 11) is -3.58. The third kappa shape index (κ3) is 5.24. The van der Waals surface area contributed by atoms with Crippen LogP contribution in [-0.2, 0) is 14.8 Å². The molecule has 4 N–H and O–H groups in total. The molecule has 1 aliphatic carbocycles. The van der Waals surface area contributed by atoms with E-state index < -0.39 is 10.0 Å². The summed E-state index contributed by atoms with van der Waals surface area (Å²) in [4.78, 5) is 12.0. The van der Waals surface area contributed by atoms with Gasteiger partial charge in [0.15, 0.2) is 0 Å². The Hall–Kier alpha value is -1.15. The Morgan fingerprint density at radius 1 is 1.32 bits per heavy atom. The molecule has 0 heterocycles. The Morgan fingerprint density at radius 2 is 2.05 bits per heavy atom. The number of carbonyl (C=O) groups excluding carboxylic acids is 1. The fourth-order valence-electron chi connectivity index (χ4n) is 2.19. The lowest BCUT2D eigenvalue weighted by Crippen LogP contribution is -2.29. The van der Waals surface area contributed by atoms with Crippen molar-refractivity contribution in [1.82, 2.24) is 4.72 Å². The number of amides is 1. The molecule has 1 aromatic rings. The van der Waals surface area contributed by atoms with Crippen molar-refractivity contribution in [3.8, 4) is 0 Å². The van der Waals surface area contributed by atoms with Gasteiger partial charge in [-0.1, -0.05) is 12.5 Å². The third-order valence-corrected chi connectivity index (χ3v) is 5.02. The number of hydrogen-bond donors (Lipinski definition) is 3. The highest BCUT2D eigenvalue weighted by molar-refractivity contribution is 7.89. The van der Waals surface area contributed by atoms with Crippen molar-refractivity contribution >= 4 is 34.0 Å². The number of anilines is 1. The lowest BCUT2D eigenvalue weighted by atomic mass is 9.83. The zero-order chi connectivity index (χ0) is 15.3. The molecule has 0 radical (unpaired) electrons. The van der Waals surface area contributed by atoms with Gasteiger partial charge in [-0.3, -0.25) is 4.79 Å². The van der Waals surface area contributed by atoms with E-state index in [9.17, 15) is 13.2 Å². The molecular weight excluding hydrogens is 326 g/mol. The first-order valence-electron chi connectivity index (χ1n) is 7.11. The SMILES string of the molecule is Cl.NCCNS(=O)(=O)c1cccc(NC(=O)CC2CCC2)c1. The first-order valence-corrected chi connectivity index (χ1v) is 8.59. The average molecular weight is 348 g/mol. The third-order valence-electron chi connectivity index (χ3n) is 3.56. The Labute approximate surface area is 137 Å². The fourth-order valence-corrected chi connectivity index (χ4v) is 3.28. The summed E-state index contributed by atoms with van der Waals surface area (Å²) < 4.78 is 26.4. The van der Waals surface area contributed by atoms with E-state index in [2.05, 4.69) is 10.0 Å². The van der Waals surface area contributed by atoms with Gasteiger partial charge in [-0.15, -0.1) is 12.4 Å². The zero-order valence-corrected chi connectivity index (χ0v) is 13.9. The monoisotopic (exact) mass is 347 g/mol. The summed E-state index contributed by atoms with van der Waals surface area (Å²) in [6.45, 7) is 0.414. The molecule has 0 aromatic heterocycles. The zero-order valence-electron chi connectivity index (χ0n) is 12.2. The van der Waals surface area contributed by atoms with Gasteiger partial charge >= 0.3 is 0 Å². The van der Waals surface area contributed by atoms with Gasteiger partial charge in [-0.2, -0.15) is 0 Å². The Bertz CT molecular complexity index is 603. The van der Waals surface area contributed by atoms with Crippen LogP contribution in [0.25, 0.3) is 0 Å². The number of nitrogens with one attached hydrogen (secondary N) is 2. The number of nitrogens with two attached hydrogens (primary N) is 1. The lowest BCUT2D eigenvalue weighted by Gasteiger charge is -2.24. The first-order chi connectivity index (χ1) is 10.0. The highest BCUT2D eigenvalue weighted by atomic mass is 35.5. The van der Waals surface area contributed by atoms with Crippen molar-refractivity contribution in [2.75, 3.05) is 18.4 Å². The van der Waals surface area contributed by atoms with Crippen LogP contribution in [0.15, 0.2) is 29.2 Å². The van der Waals surface area contributed by atoms with E-state index in [1.54, 1.807) is 12.1 Å². The second kappa shape index (κ2) is 8.47. The molecule has 0 bridgehead atoms. The molecule has 1 fully saturated rings. The van der Waals surface area contributed by atoms with Crippen LogP contribution in [-0.4, -0.2) is 27.4 Å². The van der Waals surface area contributed by atoms with Crippen LogP contribution in [0, 0.1) is 5.92 Å². The maximum absolute atomic E-state index is 12.0. The van der Waals surface area contributed by atoms with Gasteiger partial charge in [-0.05, 0) is 37.0 Å². The van der Waals surface area contributed by atoms with Gasteiger partial charge in [-0.25, -0.2) is 13.1 Å². The van der Waals surface area contributed by atoms with Crippen LogP contribution < -0.4 is 15.8 Å². The summed E-state index contributed by atoms with van der Waals surface area (Å²) >= 11 is 0. The van der Waals surface area contributed by atoms with E-state index in [-0.39, 0.29) is 36.3 Å². The maximum Gasteiger partial charge on any atom is 0.240 e. The second-order valence-electron chi connectivity index (χ2n) is 5.26. The summed E-state index contributed by atoms with van der Waals surface area (Å²) in [5, 5.41) is 2.75. The van der Waals surface area contributed by atoms with E-state index in [1.165, 1.54) is 18.6 Å². The predicted octanol–water partition coefficient (Wildman–Crippen LogP) is 1.47. The molecule has 22 heavy (non-hydrogen) atoms. The van der Waals surface area contributed by atoms with Crippen molar-refractivity contribution in [1.29, 1.82) is 0 Å². The Morgan fingerprint density at radius 3 is 2.64 bits per heavy atom. The van der Waals surface area contributed by atoms with Gasteiger partial charge in [0.2, 0.25) is 15.9 Å². The average Bonchev–Trinajstić information content (AvgIpc) is 2.41. The smallest absolute Gasteiger partial charge is 0.240 e. The van der Waals surface area contributed by atoms with Crippen molar-refractivity contribution < 1.29 is 13.2 Å². The molecule has 1 aromatic carbocycles. The van der Waals surface area contributed by atoms with Crippen LogP contribution in [0.4, 0.5) is 5.69 Å². The molecule has 8 heteroatoms. The van der Waals surface area contributed by atoms with Gasteiger partial charge in [0.05, 0.1) is 4.90 Å². The molecular formula is C14H22ClN3O3S. The van der Waals surface area contributed by atoms with Gasteiger partial charge < -0.3 is 11.1 Å². The second-order valence-corrected chi connectivity index (χ2v) is 7.03. The van der Waals surface area contributed by atoms with E-state index in [0.717, 1.165) is 12.8 Å². The van der Waals surface area contributed by atoms with Crippen molar-refractivity contribution in [3.63, 3.8) is 0 Å². The predicted molar refractivity (Wildman–Crippen MR) is 88.5 cm³/mol. The van der Waals surface area contributed by atoms with Crippen molar-refractivity contribution in [3.05, 3.63) is 24.3 Å². The molecule has 0 atom stereocenters. The minimum atomic E-state index is -3.58. The molecule has 0 aliphatic heterocycles. The number of carbonyl (C=O) groups is 1. The molecule has 1 amide bonds. The van der Waals surface area contributed by atoms with Crippen LogP contribution in [0.1, 0.15) is 25.7 Å². The van der Waals surface area contributed by atoms with Crippen LogP contribution in [0.3, 0.4) is 0 Å². The van der Waals surface area contributed by atoms with E-state index in [1.807, 2.05) is 0 Å². The molecule has 124 valence electrons. The summed E-state index contributed by atoms with van der Waals surface area (Å²) in [6.07, 6.45) is 3.90.